The van der Waals surface area contributed by atoms with E-state index in [9.17, 15) is 14.4 Å². The van der Waals surface area contributed by atoms with Crippen molar-refractivity contribution in [3.63, 3.8) is 0 Å². The number of benzene rings is 2. The van der Waals surface area contributed by atoms with Crippen molar-refractivity contribution >= 4 is 40.9 Å². The van der Waals surface area contributed by atoms with Gasteiger partial charge in [0.05, 0.1) is 31.7 Å². The zero-order valence-electron chi connectivity index (χ0n) is 18.2. The van der Waals surface area contributed by atoms with E-state index in [1.807, 2.05) is 18.4 Å². The molecule has 0 radical (unpaired) electrons. The Kier molecular flexibility index (Phi) is 7.98. The summed E-state index contributed by atoms with van der Waals surface area (Å²) >= 11 is 1.54. The fourth-order valence-corrected chi connectivity index (χ4v) is 3.31. The molecule has 10 heteroatoms. The van der Waals surface area contributed by atoms with Crippen molar-refractivity contribution in [1.82, 2.24) is 0 Å². The number of nitrogens with one attached hydrogen (secondary N) is 2. The second-order valence-electron chi connectivity index (χ2n) is 6.54. The van der Waals surface area contributed by atoms with Crippen LogP contribution in [0.5, 0.6) is 11.5 Å². The molecule has 0 aliphatic rings. The number of furan rings is 1. The molecule has 0 saturated heterocycles. The molecule has 0 saturated carbocycles. The number of rotatable bonds is 9. The molecule has 0 aliphatic heterocycles. The maximum absolute atomic E-state index is 12.8. The molecule has 2 N–H and O–H groups in total. The number of methoxy groups -OCH3 is 2. The van der Waals surface area contributed by atoms with Crippen molar-refractivity contribution in [2.24, 2.45) is 0 Å². The van der Waals surface area contributed by atoms with E-state index in [1.54, 1.807) is 18.2 Å². The van der Waals surface area contributed by atoms with E-state index in [4.69, 9.17) is 18.6 Å². The number of ether oxygens (including phenoxy) is 3. The Morgan fingerprint density at radius 1 is 0.970 bits per heavy atom. The van der Waals surface area contributed by atoms with E-state index in [-0.39, 0.29) is 28.5 Å². The van der Waals surface area contributed by atoms with Crippen LogP contribution in [0, 0.1) is 0 Å². The first kappa shape index (κ1) is 23.7. The molecule has 2 aromatic carbocycles. The van der Waals surface area contributed by atoms with Gasteiger partial charge in [-0.25, -0.2) is 4.79 Å². The Balaban J connectivity index is 1.75. The van der Waals surface area contributed by atoms with Crippen molar-refractivity contribution in [3.8, 4) is 11.5 Å². The van der Waals surface area contributed by atoms with E-state index >= 15 is 0 Å². The minimum atomic E-state index is -0.835. The minimum Gasteiger partial charge on any atom is -0.493 e. The van der Waals surface area contributed by atoms with Crippen LogP contribution in [-0.2, 0) is 9.53 Å². The fraction of sp³-hybridized carbons (Fsp3) is 0.174. The molecule has 0 spiro atoms. The molecule has 0 aliphatic carbocycles. The Morgan fingerprint density at radius 3 is 2.39 bits per heavy atom. The Bertz CT molecular complexity index is 1150. The number of amides is 2. The van der Waals surface area contributed by atoms with Gasteiger partial charge in [0.2, 0.25) is 0 Å². The van der Waals surface area contributed by atoms with Crippen LogP contribution in [0.25, 0.3) is 0 Å². The van der Waals surface area contributed by atoms with Crippen LogP contribution < -0.4 is 20.1 Å². The monoisotopic (exact) mass is 470 g/mol. The van der Waals surface area contributed by atoms with Crippen molar-refractivity contribution in [2.75, 3.05) is 37.7 Å². The number of thioether (sulfide) groups is 1. The first-order valence-corrected chi connectivity index (χ1v) is 10.9. The second-order valence-corrected chi connectivity index (χ2v) is 7.42. The quantitative estimate of drug-likeness (QED) is 0.355. The molecule has 1 aromatic heterocycles. The third-order valence-electron chi connectivity index (χ3n) is 4.42. The maximum Gasteiger partial charge on any atom is 0.340 e. The summed E-state index contributed by atoms with van der Waals surface area (Å²) in [6, 6.07) is 13.1. The Morgan fingerprint density at radius 2 is 1.73 bits per heavy atom. The molecule has 0 fully saturated rings. The van der Waals surface area contributed by atoms with Crippen molar-refractivity contribution < 1.29 is 33.0 Å². The third kappa shape index (κ3) is 6.07. The average Bonchev–Trinajstić information content (AvgIpc) is 3.37. The topological polar surface area (TPSA) is 116 Å². The van der Waals surface area contributed by atoms with E-state index < -0.39 is 24.4 Å². The summed E-state index contributed by atoms with van der Waals surface area (Å²) in [5, 5.41) is 5.26. The summed E-state index contributed by atoms with van der Waals surface area (Å²) in [5.41, 5.74) is 0.664. The van der Waals surface area contributed by atoms with Crippen LogP contribution >= 0.6 is 11.8 Å². The number of hydrogen-bond acceptors (Lipinski definition) is 8. The fourth-order valence-electron chi connectivity index (χ4n) is 2.85. The summed E-state index contributed by atoms with van der Waals surface area (Å²) in [6.07, 6.45) is 3.28. The molecular weight excluding hydrogens is 448 g/mol. The lowest BCUT2D eigenvalue weighted by Gasteiger charge is -2.15. The number of anilines is 2. The lowest BCUT2D eigenvalue weighted by Crippen LogP contribution is -2.22. The predicted molar refractivity (Wildman–Crippen MR) is 123 cm³/mol. The second kappa shape index (κ2) is 11.1. The Labute approximate surface area is 194 Å². The standard InChI is InChI=1S/C23H22N2O7S/c1-29-19-11-16(17(12-20(19)30-2)25-22(27)18-8-5-9-31-18)23(28)32-13-21(26)24-14-6-4-7-15(10-14)33-3/h4-12H,13H2,1-3H3,(H,24,26)(H,25,27). The van der Waals surface area contributed by atoms with Crippen molar-refractivity contribution in [1.29, 1.82) is 0 Å². The molecule has 33 heavy (non-hydrogen) atoms. The maximum atomic E-state index is 12.8. The van der Waals surface area contributed by atoms with Gasteiger partial charge in [0.15, 0.2) is 23.9 Å². The lowest BCUT2D eigenvalue weighted by atomic mass is 10.1. The lowest BCUT2D eigenvalue weighted by molar-refractivity contribution is -0.119. The molecule has 1 heterocycles. The van der Waals surface area contributed by atoms with Crippen LogP contribution in [0.2, 0.25) is 0 Å². The number of carbonyl (C=O) groups is 3. The Hall–Kier alpha value is -3.92. The third-order valence-corrected chi connectivity index (χ3v) is 5.15. The first-order chi connectivity index (χ1) is 15.9. The normalized spacial score (nSPS) is 10.3. The van der Waals surface area contributed by atoms with Gasteiger partial charge in [0, 0.05) is 22.7 Å². The highest BCUT2D eigenvalue weighted by Gasteiger charge is 2.22. The van der Waals surface area contributed by atoms with Gasteiger partial charge in [0.25, 0.3) is 11.8 Å². The number of esters is 1. The van der Waals surface area contributed by atoms with Gasteiger partial charge >= 0.3 is 5.97 Å². The van der Waals surface area contributed by atoms with Crippen LogP contribution in [0.15, 0.2) is 64.1 Å². The largest absolute Gasteiger partial charge is 0.493 e. The van der Waals surface area contributed by atoms with Crippen LogP contribution in [0.3, 0.4) is 0 Å². The van der Waals surface area contributed by atoms with Gasteiger partial charge in [-0.1, -0.05) is 6.07 Å². The van der Waals surface area contributed by atoms with Crippen LogP contribution in [0.1, 0.15) is 20.9 Å². The first-order valence-electron chi connectivity index (χ1n) is 9.67. The average molecular weight is 471 g/mol. The molecule has 0 atom stereocenters. The molecule has 0 unspecified atom stereocenters. The summed E-state index contributed by atoms with van der Waals surface area (Å²) in [6.45, 7) is -0.526. The molecule has 3 rings (SSSR count). The van der Waals surface area contributed by atoms with E-state index in [0.717, 1.165) is 4.90 Å². The highest BCUT2D eigenvalue weighted by Crippen LogP contribution is 2.34. The van der Waals surface area contributed by atoms with Gasteiger partial charge in [-0.15, -0.1) is 11.8 Å². The summed E-state index contributed by atoms with van der Waals surface area (Å²) in [7, 11) is 2.83. The molecular formula is C23H22N2O7S. The number of carbonyl (C=O) groups excluding carboxylic acids is 3. The molecule has 9 nitrogen and oxygen atoms in total. The highest BCUT2D eigenvalue weighted by atomic mass is 32.2. The summed E-state index contributed by atoms with van der Waals surface area (Å²) in [5.74, 6) is -1.33. The van der Waals surface area contributed by atoms with E-state index in [0.29, 0.717) is 5.69 Å². The van der Waals surface area contributed by atoms with Gasteiger partial charge < -0.3 is 29.3 Å². The molecule has 0 bridgehead atoms. The van der Waals surface area contributed by atoms with Crippen molar-refractivity contribution in [3.05, 3.63) is 66.1 Å². The minimum absolute atomic E-state index is 0.0234. The van der Waals surface area contributed by atoms with Crippen molar-refractivity contribution in [2.45, 2.75) is 4.90 Å². The summed E-state index contributed by atoms with van der Waals surface area (Å²) < 4.78 is 20.8. The smallest absolute Gasteiger partial charge is 0.340 e. The van der Waals surface area contributed by atoms with Gasteiger partial charge in [-0.3, -0.25) is 9.59 Å². The molecule has 2 amide bonds. The zero-order chi connectivity index (χ0) is 23.8. The predicted octanol–water partition coefficient (Wildman–Crippen LogP) is 4.07. The van der Waals surface area contributed by atoms with Crippen LogP contribution in [-0.4, -0.2) is 44.9 Å². The SMILES string of the molecule is COc1cc(NC(=O)c2ccco2)c(C(=O)OCC(=O)Nc2cccc(SC)c2)cc1OC. The van der Waals surface area contributed by atoms with E-state index in [1.165, 1.54) is 50.4 Å². The van der Waals surface area contributed by atoms with Gasteiger partial charge in [-0.2, -0.15) is 0 Å². The number of hydrogen-bond donors (Lipinski definition) is 2. The molecule has 172 valence electrons. The van der Waals surface area contributed by atoms with Gasteiger partial charge in [0.1, 0.15) is 0 Å². The molecule has 3 aromatic rings. The van der Waals surface area contributed by atoms with E-state index in [2.05, 4.69) is 10.6 Å². The summed E-state index contributed by atoms with van der Waals surface area (Å²) in [4.78, 5) is 38.5. The van der Waals surface area contributed by atoms with Crippen LogP contribution in [0.4, 0.5) is 11.4 Å². The van der Waals surface area contributed by atoms with Gasteiger partial charge in [-0.05, 0) is 36.6 Å². The zero-order valence-corrected chi connectivity index (χ0v) is 19.0. The highest BCUT2D eigenvalue weighted by molar-refractivity contribution is 7.98.